The van der Waals surface area contributed by atoms with Gasteiger partial charge in [0.25, 0.3) is 0 Å². The molecule has 19 heavy (non-hydrogen) atoms. The second kappa shape index (κ2) is 4.68. The molecule has 0 aliphatic heterocycles. The molecule has 0 aliphatic rings. The summed E-state index contributed by atoms with van der Waals surface area (Å²) in [6.45, 7) is 0. The van der Waals surface area contributed by atoms with Gasteiger partial charge >= 0.3 is 0 Å². The minimum absolute atomic E-state index is 0.310. The van der Waals surface area contributed by atoms with Crippen molar-refractivity contribution in [3.05, 3.63) is 45.9 Å². The second-order valence-electron chi connectivity index (χ2n) is 4.00. The van der Waals surface area contributed by atoms with E-state index in [0.29, 0.717) is 22.0 Å². The van der Waals surface area contributed by atoms with Crippen molar-refractivity contribution in [2.75, 3.05) is 5.73 Å². The zero-order valence-corrected chi connectivity index (χ0v) is 11.2. The van der Waals surface area contributed by atoms with Crippen LogP contribution in [0.3, 0.4) is 0 Å². The van der Waals surface area contributed by atoms with Gasteiger partial charge in [-0.1, -0.05) is 11.6 Å². The summed E-state index contributed by atoms with van der Waals surface area (Å²) in [4.78, 5) is 0. The predicted molar refractivity (Wildman–Crippen MR) is 76.7 cm³/mol. The Morgan fingerprint density at radius 2 is 2.16 bits per heavy atom. The average molecular weight is 294 g/mol. The molecule has 2 heterocycles. The molecule has 96 valence electrons. The van der Waals surface area contributed by atoms with E-state index in [2.05, 4.69) is 10.2 Å². The third-order valence-electron chi connectivity index (χ3n) is 2.80. The van der Waals surface area contributed by atoms with E-state index in [0.717, 1.165) is 11.3 Å². The van der Waals surface area contributed by atoms with Crippen molar-refractivity contribution in [2.24, 2.45) is 0 Å². The molecule has 0 aliphatic carbocycles. The first-order chi connectivity index (χ1) is 9.16. The van der Waals surface area contributed by atoms with Gasteiger partial charge in [0, 0.05) is 16.5 Å². The number of nitrogens with two attached hydrogens (primary N) is 1. The molecular weight excluding hydrogens is 285 g/mol. The molecule has 6 heteroatoms. The van der Waals surface area contributed by atoms with Gasteiger partial charge in [0.15, 0.2) is 5.82 Å². The van der Waals surface area contributed by atoms with Crippen molar-refractivity contribution in [3.8, 4) is 22.4 Å². The Labute approximate surface area is 117 Å². The van der Waals surface area contributed by atoms with Crippen LogP contribution < -0.4 is 5.73 Å². The Kier molecular flexibility index (Phi) is 3.00. The summed E-state index contributed by atoms with van der Waals surface area (Å²) >= 11 is 7.66. The van der Waals surface area contributed by atoms with Crippen molar-refractivity contribution in [1.82, 2.24) is 10.2 Å². The molecule has 0 atom stereocenters. The first-order valence-electron chi connectivity index (χ1n) is 5.48. The number of nitrogen functional groups attached to an aromatic ring is 1. The molecule has 0 fully saturated rings. The maximum atomic E-state index is 13.1. The van der Waals surface area contributed by atoms with Crippen molar-refractivity contribution in [2.45, 2.75) is 0 Å². The van der Waals surface area contributed by atoms with E-state index in [1.807, 2.05) is 16.8 Å². The summed E-state index contributed by atoms with van der Waals surface area (Å²) in [5.74, 6) is -0.0393. The van der Waals surface area contributed by atoms with Crippen LogP contribution in [0.2, 0.25) is 5.02 Å². The molecule has 3 rings (SSSR count). The van der Waals surface area contributed by atoms with Gasteiger partial charge in [0.2, 0.25) is 0 Å². The summed E-state index contributed by atoms with van der Waals surface area (Å²) in [6, 6.07) is 6.18. The molecule has 0 unspecified atom stereocenters. The van der Waals surface area contributed by atoms with Gasteiger partial charge in [0.05, 0.1) is 16.3 Å². The summed E-state index contributed by atoms with van der Waals surface area (Å²) in [5.41, 5.74) is 9.02. The molecule has 0 radical (unpaired) electrons. The normalized spacial score (nSPS) is 10.8. The second-order valence-corrected chi connectivity index (χ2v) is 5.18. The summed E-state index contributed by atoms with van der Waals surface area (Å²) in [7, 11) is 0. The molecule has 3 N–H and O–H groups in total. The number of anilines is 1. The van der Waals surface area contributed by atoms with Crippen LogP contribution in [-0.2, 0) is 0 Å². The Bertz CT molecular complexity index is 722. The fourth-order valence-corrected chi connectivity index (χ4v) is 2.84. The van der Waals surface area contributed by atoms with E-state index in [-0.39, 0.29) is 5.82 Å². The third kappa shape index (κ3) is 2.11. The molecule has 0 saturated heterocycles. The van der Waals surface area contributed by atoms with E-state index < -0.39 is 0 Å². The van der Waals surface area contributed by atoms with Gasteiger partial charge in [-0.05, 0) is 29.6 Å². The van der Waals surface area contributed by atoms with Gasteiger partial charge in [-0.25, -0.2) is 4.39 Å². The Balaban J connectivity index is 2.22. The predicted octanol–water partition coefficient (Wildman–Crippen LogP) is 4.18. The lowest BCUT2D eigenvalue weighted by Gasteiger charge is -2.05. The van der Waals surface area contributed by atoms with E-state index in [1.165, 1.54) is 12.1 Å². The minimum Gasteiger partial charge on any atom is -0.382 e. The molecule has 0 saturated carbocycles. The first-order valence-corrected chi connectivity index (χ1v) is 6.80. The van der Waals surface area contributed by atoms with Gasteiger partial charge in [-0.3, -0.25) is 5.10 Å². The first kappa shape index (κ1) is 12.2. The third-order valence-corrected chi connectivity index (χ3v) is 3.80. The summed E-state index contributed by atoms with van der Waals surface area (Å²) in [5, 5.41) is 11.2. The lowest BCUT2D eigenvalue weighted by atomic mass is 10.0. The van der Waals surface area contributed by atoms with Crippen molar-refractivity contribution < 1.29 is 4.39 Å². The molecular formula is C13H9ClFN3S. The molecule has 0 spiro atoms. The van der Waals surface area contributed by atoms with Crippen LogP contribution in [0.25, 0.3) is 22.4 Å². The Hall–Kier alpha value is -1.85. The van der Waals surface area contributed by atoms with Crippen molar-refractivity contribution in [1.29, 1.82) is 0 Å². The van der Waals surface area contributed by atoms with Crippen LogP contribution in [-0.4, -0.2) is 10.2 Å². The fourth-order valence-electron chi connectivity index (χ4n) is 1.94. The number of H-pyrrole nitrogens is 1. The van der Waals surface area contributed by atoms with Crippen LogP contribution in [0, 0.1) is 5.82 Å². The van der Waals surface area contributed by atoms with Gasteiger partial charge in [-0.2, -0.15) is 16.4 Å². The molecule has 3 nitrogen and oxygen atoms in total. The monoisotopic (exact) mass is 293 g/mol. The van der Waals surface area contributed by atoms with Gasteiger partial charge < -0.3 is 5.73 Å². The highest BCUT2D eigenvalue weighted by Gasteiger charge is 2.17. The number of nitrogens with zero attached hydrogens (tertiary/aromatic N) is 1. The standard InChI is InChI=1S/C13H9ClFN3S/c14-10-5-8(15)1-2-9(10)11-12(17-18-13(11)16)7-3-4-19-6-7/h1-6H,(H3,16,17,18). The van der Waals surface area contributed by atoms with Crippen LogP contribution in [0.4, 0.5) is 10.2 Å². The van der Waals surface area contributed by atoms with E-state index >= 15 is 0 Å². The zero-order chi connectivity index (χ0) is 13.4. The maximum Gasteiger partial charge on any atom is 0.153 e. The minimum atomic E-state index is -0.382. The number of halogens is 2. The highest BCUT2D eigenvalue weighted by atomic mass is 35.5. The number of aromatic nitrogens is 2. The summed E-state index contributed by atoms with van der Waals surface area (Å²) < 4.78 is 13.1. The van der Waals surface area contributed by atoms with Crippen molar-refractivity contribution in [3.63, 3.8) is 0 Å². The topological polar surface area (TPSA) is 54.7 Å². The number of thiophene rings is 1. The van der Waals surface area contributed by atoms with Crippen LogP contribution >= 0.6 is 22.9 Å². The Morgan fingerprint density at radius 1 is 1.32 bits per heavy atom. The SMILES string of the molecule is Nc1n[nH]c(-c2ccsc2)c1-c1ccc(F)cc1Cl. The number of benzene rings is 1. The molecule has 0 amide bonds. The van der Waals surface area contributed by atoms with Crippen molar-refractivity contribution >= 4 is 28.8 Å². The van der Waals surface area contributed by atoms with Crippen LogP contribution in [0.5, 0.6) is 0 Å². The molecule has 0 bridgehead atoms. The highest BCUT2D eigenvalue weighted by molar-refractivity contribution is 7.08. The lowest BCUT2D eigenvalue weighted by molar-refractivity contribution is 0.628. The van der Waals surface area contributed by atoms with E-state index in [1.54, 1.807) is 17.4 Å². The smallest absolute Gasteiger partial charge is 0.153 e. The van der Waals surface area contributed by atoms with Gasteiger partial charge in [0.1, 0.15) is 5.82 Å². The quantitative estimate of drug-likeness (QED) is 0.744. The zero-order valence-electron chi connectivity index (χ0n) is 9.65. The number of aromatic amines is 1. The fraction of sp³-hybridized carbons (Fsp3) is 0. The number of hydrogen-bond acceptors (Lipinski definition) is 3. The number of rotatable bonds is 2. The Morgan fingerprint density at radius 3 is 2.84 bits per heavy atom. The van der Waals surface area contributed by atoms with E-state index in [4.69, 9.17) is 17.3 Å². The number of hydrogen-bond donors (Lipinski definition) is 2. The number of nitrogens with one attached hydrogen (secondary N) is 1. The largest absolute Gasteiger partial charge is 0.382 e. The van der Waals surface area contributed by atoms with E-state index in [9.17, 15) is 4.39 Å². The van der Waals surface area contributed by atoms with Crippen LogP contribution in [0.1, 0.15) is 0 Å². The maximum absolute atomic E-state index is 13.1. The molecule has 2 aromatic heterocycles. The highest BCUT2D eigenvalue weighted by Crippen LogP contribution is 2.39. The molecule has 3 aromatic rings. The average Bonchev–Trinajstić information content (AvgIpc) is 2.99. The summed E-state index contributed by atoms with van der Waals surface area (Å²) in [6.07, 6.45) is 0. The lowest BCUT2D eigenvalue weighted by Crippen LogP contribution is -1.90. The molecule has 1 aromatic carbocycles. The van der Waals surface area contributed by atoms with Gasteiger partial charge in [-0.15, -0.1) is 0 Å². The van der Waals surface area contributed by atoms with Crippen LogP contribution in [0.15, 0.2) is 35.0 Å².